The Bertz CT molecular complexity index is 664. The Hall–Kier alpha value is -1.65. The number of nitrogens with zero attached hydrogens (tertiary/aromatic N) is 2. The van der Waals surface area contributed by atoms with Crippen molar-refractivity contribution >= 4 is 34.8 Å². The quantitative estimate of drug-likeness (QED) is 0.894. The van der Waals surface area contributed by atoms with Crippen molar-refractivity contribution in [3.8, 4) is 0 Å². The average Bonchev–Trinajstić information content (AvgIpc) is 2.42. The summed E-state index contributed by atoms with van der Waals surface area (Å²) in [6, 6.07) is 4.87. The van der Waals surface area contributed by atoms with Crippen LogP contribution in [-0.4, -0.2) is 15.9 Å². The van der Waals surface area contributed by atoms with Crippen molar-refractivity contribution in [1.29, 1.82) is 0 Å². The molecule has 1 aromatic heterocycles. The summed E-state index contributed by atoms with van der Waals surface area (Å²) in [4.78, 5) is 20.5. The van der Waals surface area contributed by atoms with E-state index in [1.807, 2.05) is 20.8 Å². The lowest BCUT2D eigenvalue weighted by Gasteiger charge is -2.16. The van der Waals surface area contributed by atoms with Crippen LogP contribution in [0.2, 0.25) is 10.0 Å². The van der Waals surface area contributed by atoms with Gasteiger partial charge in [0.2, 0.25) is 0 Å². The zero-order valence-corrected chi connectivity index (χ0v) is 13.5. The number of benzene rings is 1. The molecule has 2 aromatic rings. The van der Waals surface area contributed by atoms with Gasteiger partial charge in [0, 0.05) is 17.3 Å². The van der Waals surface area contributed by atoms with Crippen LogP contribution in [0.5, 0.6) is 0 Å². The van der Waals surface area contributed by atoms with Crippen molar-refractivity contribution in [3.05, 3.63) is 52.0 Å². The minimum absolute atomic E-state index is 0.105. The molecule has 1 heterocycles. The summed E-state index contributed by atoms with van der Waals surface area (Å²) in [5, 5.41) is 3.51. The SMILES string of the molecule is CC(C)(C)c1cnc(C(=O)Nc2ccc(Cl)c(Cl)c2)cn1. The molecule has 0 aliphatic heterocycles. The summed E-state index contributed by atoms with van der Waals surface area (Å²) in [5.41, 5.74) is 1.52. The molecule has 1 amide bonds. The summed E-state index contributed by atoms with van der Waals surface area (Å²) in [5.74, 6) is -0.346. The van der Waals surface area contributed by atoms with Gasteiger partial charge in [0.25, 0.3) is 5.91 Å². The molecule has 2 rings (SSSR count). The molecule has 1 N–H and O–H groups in total. The van der Waals surface area contributed by atoms with E-state index in [-0.39, 0.29) is 17.0 Å². The number of carbonyl (C=O) groups excluding carboxylic acids is 1. The fraction of sp³-hybridized carbons (Fsp3) is 0.267. The number of hydrogen-bond acceptors (Lipinski definition) is 3. The second kappa shape index (κ2) is 6.00. The summed E-state index contributed by atoms with van der Waals surface area (Å²) >= 11 is 11.7. The average molecular weight is 324 g/mol. The van der Waals surface area contributed by atoms with E-state index >= 15 is 0 Å². The van der Waals surface area contributed by atoms with Gasteiger partial charge in [-0.05, 0) is 18.2 Å². The molecular weight excluding hydrogens is 309 g/mol. The molecule has 0 saturated carbocycles. The molecule has 0 fully saturated rings. The van der Waals surface area contributed by atoms with Gasteiger partial charge >= 0.3 is 0 Å². The smallest absolute Gasteiger partial charge is 0.275 e. The first-order valence-corrected chi connectivity index (χ1v) is 7.12. The monoisotopic (exact) mass is 323 g/mol. The van der Waals surface area contributed by atoms with Crippen LogP contribution in [0.3, 0.4) is 0 Å². The number of halogens is 2. The van der Waals surface area contributed by atoms with Crippen molar-refractivity contribution in [2.75, 3.05) is 5.32 Å². The number of amides is 1. The van der Waals surface area contributed by atoms with E-state index in [0.717, 1.165) is 5.69 Å². The molecular formula is C15H15Cl2N3O. The molecule has 21 heavy (non-hydrogen) atoms. The number of anilines is 1. The highest BCUT2D eigenvalue weighted by atomic mass is 35.5. The Balaban J connectivity index is 2.15. The van der Waals surface area contributed by atoms with Gasteiger partial charge in [-0.25, -0.2) is 4.98 Å². The first-order chi connectivity index (χ1) is 9.77. The van der Waals surface area contributed by atoms with Crippen molar-refractivity contribution in [1.82, 2.24) is 9.97 Å². The maximum atomic E-state index is 12.1. The van der Waals surface area contributed by atoms with E-state index < -0.39 is 0 Å². The Morgan fingerprint density at radius 1 is 1.10 bits per heavy atom. The number of aromatic nitrogens is 2. The third kappa shape index (κ3) is 3.93. The van der Waals surface area contributed by atoms with Gasteiger partial charge in [-0.3, -0.25) is 9.78 Å². The lowest BCUT2D eigenvalue weighted by atomic mass is 9.93. The van der Waals surface area contributed by atoms with E-state index in [1.165, 1.54) is 6.20 Å². The van der Waals surface area contributed by atoms with Crippen LogP contribution in [0.4, 0.5) is 5.69 Å². The maximum absolute atomic E-state index is 12.1. The molecule has 0 saturated heterocycles. The fourth-order valence-electron chi connectivity index (χ4n) is 1.60. The van der Waals surface area contributed by atoms with Gasteiger partial charge in [0.1, 0.15) is 5.69 Å². The summed E-state index contributed by atoms with van der Waals surface area (Å²) in [6.07, 6.45) is 3.08. The first kappa shape index (κ1) is 15.7. The predicted octanol–water partition coefficient (Wildman–Crippen LogP) is 4.33. The van der Waals surface area contributed by atoms with Crippen LogP contribution in [0.15, 0.2) is 30.6 Å². The summed E-state index contributed by atoms with van der Waals surface area (Å²) in [6.45, 7) is 6.10. The Morgan fingerprint density at radius 3 is 2.33 bits per heavy atom. The second-order valence-electron chi connectivity index (χ2n) is 5.62. The molecule has 0 spiro atoms. The Kier molecular flexibility index (Phi) is 4.49. The summed E-state index contributed by atoms with van der Waals surface area (Å²) < 4.78 is 0. The number of hydrogen-bond donors (Lipinski definition) is 1. The van der Waals surface area contributed by atoms with E-state index in [0.29, 0.717) is 15.7 Å². The normalized spacial score (nSPS) is 11.3. The molecule has 0 bridgehead atoms. The first-order valence-electron chi connectivity index (χ1n) is 6.36. The third-order valence-corrected chi connectivity index (χ3v) is 3.57. The van der Waals surface area contributed by atoms with Gasteiger partial charge in [0.15, 0.2) is 0 Å². The Labute approximate surface area is 133 Å². The van der Waals surface area contributed by atoms with Crippen LogP contribution >= 0.6 is 23.2 Å². The molecule has 4 nitrogen and oxygen atoms in total. The fourth-order valence-corrected chi connectivity index (χ4v) is 1.90. The highest BCUT2D eigenvalue weighted by Crippen LogP contribution is 2.25. The van der Waals surface area contributed by atoms with Crippen LogP contribution < -0.4 is 5.32 Å². The van der Waals surface area contributed by atoms with Crippen LogP contribution in [0.25, 0.3) is 0 Å². The van der Waals surface area contributed by atoms with Crippen LogP contribution in [-0.2, 0) is 5.41 Å². The molecule has 0 unspecified atom stereocenters. The highest BCUT2D eigenvalue weighted by molar-refractivity contribution is 6.42. The molecule has 1 aromatic carbocycles. The molecule has 0 aliphatic rings. The van der Waals surface area contributed by atoms with E-state index in [4.69, 9.17) is 23.2 Å². The largest absolute Gasteiger partial charge is 0.321 e. The van der Waals surface area contributed by atoms with E-state index in [1.54, 1.807) is 24.4 Å². The standard InChI is InChI=1S/C15H15Cl2N3O/c1-15(2,3)13-8-18-12(7-19-13)14(21)20-9-4-5-10(16)11(17)6-9/h4-8H,1-3H3,(H,20,21). The van der Waals surface area contributed by atoms with Gasteiger partial charge in [-0.1, -0.05) is 44.0 Å². The van der Waals surface area contributed by atoms with Gasteiger partial charge in [-0.15, -0.1) is 0 Å². The molecule has 110 valence electrons. The minimum Gasteiger partial charge on any atom is -0.321 e. The lowest BCUT2D eigenvalue weighted by molar-refractivity contribution is 0.102. The number of rotatable bonds is 2. The topological polar surface area (TPSA) is 54.9 Å². The van der Waals surface area contributed by atoms with Crippen molar-refractivity contribution in [2.24, 2.45) is 0 Å². The second-order valence-corrected chi connectivity index (χ2v) is 6.43. The summed E-state index contributed by atoms with van der Waals surface area (Å²) in [7, 11) is 0. The van der Waals surface area contributed by atoms with Gasteiger partial charge in [0.05, 0.1) is 21.9 Å². The molecule has 0 atom stereocenters. The van der Waals surface area contributed by atoms with Crippen molar-refractivity contribution < 1.29 is 4.79 Å². The number of carbonyl (C=O) groups is 1. The number of nitrogens with one attached hydrogen (secondary N) is 1. The zero-order chi connectivity index (χ0) is 15.6. The molecule has 0 aliphatic carbocycles. The lowest BCUT2D eigenvalue weighted by Crippen LogP contribution is -2.18. The molecule has 0 radical (unpaired) electrons. The molecule has 6 heteroatoms. The van der Waals surface area contributed by atoms with E-state index in [9.17, 15) is 4.79 Å². The van der Waals surface area contributed by atoms with Crippen molar-refractivity contribution in [2.45, 2.75) is 26.2 Å². The van der Waals surface area contributed by atoms with Gasteiger partial charge in [-0.2, -0.15) is 0 Å². The highest BCUT2D eigenvalue weighted by Gasteiger charge is 2.17. The van der Waals surface area contributed by atoms with Crippen LogP contribution in [0, 0.1) is 0 Å². The van der Waals surface area contributed by atoms with Crippen molar-refractivity contribution in [3.63, 3.8) is 0 Å². The minimum atomic E-state index is -0.346. The third-order valence-electron chi connectivity index (χ3n) is 2.83. The van der Waals surface area contributed by atoms with Crippen LogP contribution in [0.1, 0.15) is 37.0 Å². The van der Waals surface area contributed by atoms with E-state index in [2.05, 4.69) is 15.3 Å². The predicted molar refractivity (Wildman–Crippen MR) is 85.1 cm³/mol. The Morgan fingerprint density at radius 2 is 1.81 bits per heavy atom. The van der Waals surface area contributed by atoms with Gasteiger partial charge < -0.3 is 5.32 Å². The maximum Gasteiger partial charge on any atom is 0.275 e. The zero-order valence-electron chi connectivity index (χ0n) is 11.9.